The van der Waals surface area contributed by atoms with E-state index in [1.54, 1.807) is 0 Å². The van der Waals surface area contributed by atoms with Gasteiger partial charge in [0, 0.05) is 5.56 Å². The van der Waals surface area contributed by atoms with Crippen molar-refractivity contribution in [3.8, 4) is 0 Å². The quantitative estimate of drug-likeness (QED) is 0.397. The Hall–Kier alpha value is -1.17. The van der Waals surface area contributed by atoms with Crippen LogP contribution in [0, 0.1) is 0 Å². The van der Waals surface area contributed by atoms with Crippen LogP contribution in [0.3, 0.4) is 0 Å². The average Bonchev–Trinajstić information content (AvgIpc) is 2.16. The fraction of sp³-hybridized carbons (Fsp3) is 0.125. The highest BCUT2D eigenvalue weighted by Gasteiger charge is 2.15. The Labute approximate surface area is 75.6 Å². The normalized spacial score (nSPS) is 9.77. The third-order valence-electron chi connectivity index (χ3n) is 1.74. The lowest BCUT2D eigenvalue weighted by atomic mass is 9.77. The van der Waals surface area contributed by atoms with Crippen molar-refractivity contribution in [3.63, 3.8) is 0 Å². The van der Waals surface area contributed by atoms with Crippen LogP contribution in [0.1, 0.15) is 15.9 Å². The molecule has 0 fully saturated rings. The summed E-state index contributed by atoms with van der Waals surface area (Å²) in [5.74, 6) is 0. The molecule has 0 aliphatic carbocycles. The second kappa shape index (κ2) is 4.18. The molecule has 0 radical (unpaired) electrons. The summed E-state index contributed by atoms with van der Waals surface area (Å²) >= 11 is 0. The second-order valence-electron chi connectivity index (χ2n) is 2.61. The summed E-state index contributed by atoms with van der Waals surface area (Å²) in [7, 11) is -1.66. The molecule has 0 saturated heterocycles. The van der Waals surface area contributed by atoms with Crippen LogP contribution in [0.2, 0.25) is 0 Å². The molecule has 68 valence electrons. The molecule has 0 aliphatic rings. The minimum Gasteiger partial charge on any atom is -0.423 e. The van der Waals surface area contributed by atoms with E-state index >= 15 is 0 Å². The van der Waals surface area contributed by atoms with E-state index in [9.17, 15) is 4.79 Å². The monoisotopic (exact) mass is 180 g/mol. The molecule has 0 unspecified atom stereocenters. The maximum atomic E-state index is 10.5. The Balaban J connectivity index is 3.15. The predicted octanol–water partition coefficient (Wildman–Crippen LogP) is -1.33. The molecule has 1 rings (SSSR count). The number of aliphatic hydroxyl groups excluding tert-OH is 1. The molecule has 0 aliphatic heterocycles. The summed E-state index contributed by atoms with van der Waals surface area (Å²) in [6.07, 6.45) is 0.522. The van der Waals surface area contributed by atoms with Crippen molar-refractivity contribution in [1.82, 2.24) is 0 Å². The smallest absolute Gasteiger partial charge is 0.423 e. The SMILES string of the molecule is O=Cc1cc(CO)ccc1B(O)O. The van der Waals surface area contributed by atoms with Gasteiger partial charge < -0.3 is 15.2 Å². The molecule has 0 saturated carbocycles. The minimum absolute atomic E-state index is 0.146. The van der Waals surface area contributed by atoms with E-state index in [0.717, 1.165) is 0 Å². The van der Waals surface area contributed by atoms with Crippen molar-refractivity contribution < 1.29 is 19.9 Å². The number of aldehydes is 1. The van der Waals surface area contributed by atoms with E-state index < -0.39 is 7.12 Å². The Morgan fingerprint density at radius 2 is 2.08 bits per heavy atom. The zero-order chi connectivity index (χ0) is 9.84. The molecule has 5 heteroatoms. The second-order valence-corrected chi connectivity index (χ2v) is 2.61. The van der Waals surface area contributed by atoms with Crippen LogP contribution in [0.25, 0.3) is 0 Å². The molecule has 0 aromatic heterocycles. The van der Waals surface area contributed by atoms with Gasteiger partial charge in [0.15, 0.2) is 0 Å². The molecule has 0 bridgehead atoms. The fourth-order valence-electron chi connectivity index (χ4n) is 1.06. The molecule has 0 amide bonds. The first-order chi connectivity index (χ1) is 6.19. The standard InChI is InChI=1S/C8H9BO4/c10-4-6-1-2-8(9(12)13)7(3-6)5-11/h1-3,5,10,12-13H,4H2. The predicted molar refractivity (Wildman–Crippen MR) is 47.6 cm³/mol. The van der Waals surface area contributed by atoms with E-state index in [0.29, 0.717) is 11.8 Å². The largest absolute Gasteiger partial charge is 0.489 e. The first kappa shape index (κ1) is 9.92. The number of rotatable bonds is 3. The van der Waals surface area contributed by atoms with Gasteiger partial charge in [0.25, 0.3) is 0 Å². The van der Waals surface area contributed by atoms with E-state index in [1.807, 2.05) is 0 Å². The Morgan fingerprint density at radius 3 is 2.54 bits per heavy atom. The summed E-state index contributed by atoms with van der Waals surface area (Å²) < 4.78 is 0. The van der Waals surface area contributed by atoms with Gasteiger partial charge in [-0.1, -0.05) is 12.1 Å². The lowest BCUT2D eigenvalue weighted by Gasteiger charge is -2.04. The van der Waals surface area contributed by atoms with E-state index in [-0.39, 0.29) is 17.6 Å². The number of hydrogen-bond donors (Lipinski definition) is 3. The number of aliphatic hydroxyl groups is 1. The number of benzene rings is 1. The summed E-state index contributed by atoms with van der Waals surface area (Å²) in [6.45, 7) is -0.178. The van der Waals surface area contributed by atoms with Crippen molar-refractivity contribution in [3.05, 3.63) is 29.3 Å². The fourth-order valence-corrected chi connectivity index (χ4v) is 1.06. The van der Waals surface area contributed by atoms with Crippen LogP contribution in [-0.4, -0.2) is 28.6 Å². The Kier molecular flexibility index (Phi) is 3.19. The van der Waals surface area contributed by atoms with Gasteiger partial charge in [-0.3, -0.25) is 4.79 Å². The van der Waals surface area contributed by atoms with Gasteiger partial charge in [-0.25, -0.2) is 0 Å². The highest BCUT2D eigenvalue weighted by atomic mass is 16.4. The van der Waals surface area contributed by atoms with Gasteiger partial charge in [0.05, 0.1) is 6.61 Å². The lowest BCUT2D eigenvalue weighted by Crippen LogP contribution is -2.33. The van der Waals surface area contributed by atoms with Crippen LogP contribution in [0.4, 0.5) is 0 Å². The van der Waals surface area contributed by atoms with E-state index in [4.69, 9.17) is 15.2 Å². The number of carbonyl (C=O) groups is 1. The lowest BCUT2D eigenvalue weighted by molar-refractivity contribution is 0.112. The third kappa shape index (κ3) is 2.15. The Morgan fingerprint density at radius 1 is 1.38 bits per heavy atom. The van der Waals surface area contributed by atoms with Crippen LogP contribution >= 0.6 is 0 Å². The first-order valence-corrected chi connectivity index (χ1v) is 3.74. The van der Waals surface area contributed by atoms with Gasteiger partial charge >= 0.3 is 7.12 Å². The molecule has 1 aromatic rings. The molecule has 4 nitrogen and oxygen atoms in total. The van der Waals surface area contributed by atoms with Crippen LogP contribution in [-0.2, 0) is 6.61 Å². The number of carbonyl (C=O) groups excluding carboxylic acids is 1. The van der Waals surface area contributed by atoms with Gasteiger partial charge in [-0.15, -0.1) is 0 Å². The van der Waals surface area contributed by atoms with Crippen molar-refractivity contribution >= 4 is 18.9 Å². The van der Waals surface area contributed by atoms with Crippen LogP contribution in [0.15, 0.2) is 18.2 Å². The maximum Gasteiger partial charge on any atom is 0.489 e. The van der Waals surface area contributed by atoms with Crippen LogP contribution < -0.4 is 5.46 Å². The molecule has 3 N–H and O–H groups in total. The zero-order valence-corrected chi connectivity index (χ0v) is 6.84. The van der Waals surface area contributed by atoms with Gasteiger partial charge in [-0.05, 0) is 17.1 Å². The molecule has 0 heterocycles. The molecule has 0 spiro atoms. The number of hydrogen-bond acceptors (Lipinski definition) is 4. The maximum absolute atomic E-state index is 10.5. The molecule has 13 heavy (non-hydrogen) atoms. The highest BCUT2D eigenvalue weighted by Crippen LogP contribution is 2.01. The topological polar surface area (TPSA) is 77.8 Å². The minimum atomic E-state index is -1.66. The highest BCUT2D eigenvalue weighted by molar-refractivity contribution is 6.60. The van der Waals surface area contributed by atoms with Crippen LogP contribution in [0.5, 0.6) is 0 Å². The van der Waals surface area contributed by atoms with Gasteiger partial charge in [0.2, 0.25) is 0 Å². The van der Waals surface area contributed by atoms with Crippen molar-refractivity contribution in [2.24, 2.45) is 0 Å². The summed E-state index contributed by atoms with van der Waals surface area (Å²) in [5, 5.41) is 26.4. The molecular weight excluding hydrogens is 171 g/mol. The van der Waals surface area contributed by atoms with Crippen molar-refractivity contribution in [2.75, 3.05) is 0 Å². The Bertz CT molecular complexity index is 311. The van der Waals surface area contributed by atoms with Gasteiger partial charge in [-0.2, -0.15) is 0 Å². The van der Waals surface area contributed by atoms with E-state index in [1.165, 1.54) is 18.2 Å². The molecule has 0 atom stereocenters. The molecular formula is C8H9BO4. The van der Waals surface area contributed by atoms with Crippen molar-refractivity contribution in [1.29, 1.82) is 0 Å². The third-order valence-corrected chi connectivity index (χ3v) is 1.74. The first-order valence-electron chi connectivity index (χ1n) is 3.74. The van der Waals surface area contributed by atoms with E-state index in [2.05, 4.69) is 0 Å². The summed E-state index contributed by atoms with van der Waals surface area (Å²) in [6, 6.07) is 4.35. The summed E-state index contributed by atoms with van der Waals surface area (Å²) in [4.78, 5) is 10.5. The average molecular weight is 180 g/mol. The molecule has 1 aromatic carbocycles. The zero-order valence-electron chi connectivity index (χ0n) is 6.84. The summed E-state index contributed by atoms with van der Waals surface area (Å²) in [5.41, 5.74) is 0.889. The van der Waals surface area contributed by atoms with Crippen molar-refractivity contribution in [2.45, 2.75) is 6.61 Å². The van der Waals surface area contributed by atoms with Gasteiger partial charge in [0.1, 0.15) is 6.29 Å².